The number of hydrogen-bond donors (Lipinski definition) is 0. The third kappa shape index (κ3) is 6.49. The number of aliphatic imine (C=N–C) groups is 1. The molecule has 5 nitrogen and oxygen atoms in total. The summed E-state index contributed by atoms with van der Waals surface area (Å²) in [5.74, 6) is 1.12. The molecule has 8 heteroatoms. The smallest absolute Gasteiger partial charge is 0.271 e. The van der Waals surface area contributed by atoms with Gasteiger partial charge in [0.2, 0.25) is 0 Å². The van der Waals surface area contributed by atoms with Gasteiger partial charge < -0.3 is 9.47 Å². The Labute approximate surface area is 250 Å². The van der Waals surface area contributed by atoms with Crippen LogP contribution in [-0.2, 0) is 11.4 Å². The van der Waals surface area contributed by atoms with Gasteiger partial charge in [0.15, 0.2) is 16.7 Å². The maximum atomic E-state index is 13.7. The highest BCUT2D eigenvalue weighted by Crippen LogP contribution is 2.40. The quantitative estimate of drug-likeness (QED) is 0.139. The van der Waals surface area contributed by atoms with Crippen LogP contribution in [0.25, 0.3) is 6.08 Å². The normalized spacial score (nSPS) is 15.3. The van der Waals surface area contributed by atoms with Crippen molar-refractivity contribution in [3.8, 4) is 11.5 Å². The summed E-state index contributed by atoms with van der Waals surface area (Å²) in [6.45, 7) is 2.72. The van der Waals surface area contributed by atoms with Crippen LogP contribution in [0, 0.1) is 3.57 Å². The predicted molar refractivity (Wildman–Crippen MR) is 169 cm³/mol. The van der Waals surface area contributed by atoms with Crippen molar-refractivity contribution in [1.29, 1.82) is 0 Å². The summed E-state index contributed by atoms with van der Waals surface area (Å²) in [4.78, 5) is 20.7. The molecular formula is C31H24ClIN2O3S. The number of anilines is 1. The van der Waals surface area contributed by atoms with Crippen LogP contribution in [0.15, 0.2) is 107 Å². The summed E-state index contributed by atoms with van der Waals surface area (Å²) in [6.07, 6.45) is 1.87. The molecule has 0 aliphatic carbocycles. The Hall–Kier alpha value is -3.27. The Morgan fingerprint density at radius 2 is 1.64 bits per heavy atom. The maximum absolute atomic E-state index is 13.7. The molecule has 0 atom stereocenters. The van der Waals surface area contributed by atoms with Gasteiger partial charge >= 0.3 is 0 Å². The third-order valence-electron chi connectivity index (χ3n) is 5.76. The van der Waals surface area contributed by atoms with Crippen molar-refractivity contribution in [2.45, 2.75) is 13.5 Å². The van der Waals surface area contributed by atoms with E-state index < -0.39 is 0 Å². The van der Waals surface area contributed by atoms with E-state index in [2.05, 4.69) is 22.6 Å². The first-order valence-corrected chi connectivity index (χ1v) is 14.6. The molecule has 0 N–H and O–H groups in total. The number of para-hydroxylation sites is 2. The summed E-state index contributed by atoms with van der Waals surface area (Å²) in [6, 6.07) is 30.7. The lowest BCUT2D eigenvalue weighted by atomic mass is 10.1. The zero-order valence-electron chi connectivity index (χ0n) is 21.0. The van der Waals surface area contributed by atoms with Crippen LogP contribution < -0.4 is 14.4 Å². The number of amides is 1. The fourth-order valence-electron chi connectivity index (χ4n) is 3.96. The number of nitrogens with zero attached hydrogens (tertiary/aromatic N) is 2. The van der Waals surface area contributed by atoms with Gasteiger partial charge in [-0.15, -0.1) is 0 Å². The van der Waals surface area contributed by atoms with Crippen molar-refractivity contribution >= 4 is 74.5 Å². The van der Waals surface area contributed by atoms with Crippen LogP contribution in [0.5, 0.6) is 11.5 Å². The van der Waals surface area contributed by atoms with E-state index in [9.17, 15) is 4.79 Å². The van der Waals surface area contributed by atoms with Crippen LogP contribution in [-0.4, -0.2) is 17.7 Å². The van der Waals surface area contributed by atoms with E-state index in [-0.39, 0.29) is 5.91 Å². The molecular weight excluding hydrogens is 643 g/mol. The van der Waals surface area contributed by atoms with Gasteiger partial charge in [0.25, 0.3) is 5.91 Å². The second kappa shape index (κ2) is 12.7. The highest BCUT2D eigenvalue weighted by molar-refractivity contribution is 14.1. The van der Waals surface area contributed by atoms with Gasteiger partial charge in [-0.1, -0.05) is 66.2 Å². The van der Waals surface area contributed by atoms with Crippen LogP contribution in [0.3, 0.4) is 0 Å². The Bertz CT molecular complexity index is 1540. The summed E-state index contributed by atoms with van der Waals surface area (Å²) >= 11 is 9.90. The van der Waals surface area contributed by atoms with E-state index in [1.165, 1.54) is 11.8 Å². The first kappa shape index (κ1) is 27.3. The summed E-state index contributed by atoms with van der Waals surface area (Å²) in [5.41, 5.74) is 3.27. The van der Waals surface area contributed by atoms with Crippen molar-refractivity contribution in [3.05, 3.63) is 122 Å². The number of thioether (sulfide) groups is 1. The zero-order valence-corrected chi connectivity index (χ0v) is 24.7. The summed E-state index contributed by atoms with van der Waals surface area (Å²) in [7, 11) is 0. The number of benzene rings is 4. The SMILES string of the molecule is CCOc1cc(/C=C2\SC(=Nc3ccccc3)N(c3ccccc3)C2=O)cc(I)c1OCc1ccccc1Cl. The third-order valence-corrected chi connectivity index (χ3v) is 7.90. The van der Waals surface area contributed by atoms with Gasteiger partial charge in [0.05, 0.1) is 26.5 Å². The lowest BCUT2D eigenvalue weighted by molar-refractivity contribution is -0.113. The molecule has 1 aliphatic rings. The van der Waals surface area contributed by atoms with Gasteiger partial charge in [-0.3, -0.25) is 9.69 Å². The zero-order chi connectivity index (χ0) is 27.2. The number of rotatable bonds is 8. The molecule has 0 aromatic heterocycles. The van der Waals surface area contributed by atoms with Gasteiger partial charge in [-0.05, 0) is 95.4 Å². The minimum Gasteiger partial charge on any atom is -0.490 e. The van der Waals surface area contributed by atoms with E-state index in [4.69, 9.17) is 26.1 Å². The van der Waals surface area contributed by atoms with Crippen molar-refractivity contribution < 1.29 is 14.3 Å². The predicted octanol–water partition coefficient (Wildman–Crippen LogP) is 8.73. The van der Waals surface area contributed by atoms with Crippen molar-refractivity contribution in [1.82, 2.24) is 0 Å². The fraction of sp³-hybridized carbons (Fsp3) is 0.0968. The second-order valence-electron chi connectivity index (χ2n) is 8.46. The number of amidine groups is 1. The van der Waals surface area contributed by atoms with Gasteiger partial charge in [0, 0.05) is 10.6 Å². The Kier molecular flexibility index (Phi) is 8.91. The molecule has 0 saturated carbocycles. The Morgan fingerprint density at radius 1 is 0.949 bits per heavy atom. The van der Waals surface area contributed by atoms with Crippen LogP contribution in [0.1, 0.15) is 18.1 Å². The first-order valence-electron chi connectivity index (χ1n) is 12.3. The van der Waals surface area contributed by atoms with Crippen molar-refractivity contribution in [2.75, 3.05) is 11.5 Å². The van der Waals surface area contributed by atoms with E-state index in [0.717, 1.165) is 26.1 Å². The highest BCUT2D eigenvalue weighted by atomic mass is 127. The standard InChI is InChI=1S/C31H24ClIN2O3S/c1-2-37-27-18-21(17-26(33)29(27)38-20-22-11-9-10-16-25(22)32)19-28-30(36)35(24-14-7-4-8-15-24)31(39-28)34-23-12-5-3-6-13-23/h3-19H,2,20H2,1H3/b28-19-,34-31?. The first-order chi connectivity index (χ1) is 19.0. The molecule has 1 heterocycles. The fourth-order valence-corrected chi connectivity index (χ4v) is 5.93. The van der Waals surface area contributed by atoms with Crippen molar-refractivity contribution in [2.24, 2.45) is 4.99 Å². The van der Waals surface area contributed by atoms with E-state index in [1.807, 2.05) is 110 Å². The molecule has 0 unspecified atom stereocenters. The number of halogens is 2. The van der Waals surface area contributed by atoms with Gasteiger partial charge in [0.1, 0.15) is 6.61 Å². The lowest BCUT2D eigenvalue weighted by Crippen LogP contribution is -2.28. The molecule has 196 valence electrons. The molecule has 1 saturated heterocycles. The van der Waals surface area contributed by atoms with Gasteiger partial charge in [-0.2, -0.15) is 0 Å². The number of hydrogen-bond acceptors (Lipinski definition) is 5. The average molecular weight is 667 g/mol. The second-order valence-corrected chi connectivity index (χ2v) is 11.0. The highest BCUT2D eigenvalue weighted by Gasteiger charge is 2.34. The number of carbonyl (C=O) groups is 1. The summed E-state index contributed by atoms with van der Waals surface area (Å²) in [5, 5.41) is 1.25. The molecule has 0 radical (unpaired) electrons. The van der Waals surface area contributed by atoms with E-state index in [1.54, 1.807) is 4.90 Å². The van der Waals surface area contributed by atoms with Gasteiger partial charge in [-0.25, -0.2) is 4.99 Å². The topological polar surface area (TPSA) is 51.1 Å². The average Bonchev–Trinajstić information content (AvgIpc) is 3.24. The molecule has 1 aliphatic heterocycles. The molecule has 0 spiro atoms. The molecule has 39 heavy (non-hydrogen) atoms. The Morgan fingerprint density at radius 3 is 2.36 bits per heavy atom. The minimum absolute atomic E-state index is 0.132. The van der Waals surface area contributed by atoms with E-state index >= 15 is 0 Å². The van der Waals surface area contributed by atoms with Crippen LogP contribution in [0.2, 0.25) is 5.02 Å². The molecule has 4 aromatic carbocycles. The largest absolute Gasteiger partial charge is 0.490 e. The van der Waals surface area contributed by atoms with Crippen LogP contribution >= 0.6 is 46.0 Å². The lowest BCUT2D eigenvalue weighted by Gasteiger charge is -2.16. The molecule has 4 aromatic rings. The number of ether oxygens (including phenoxy) is 2. The minimum atomic E-state index is -0.132. The number of carbonyl (C=O) groups excluding carboxylic acids is 1. The molecule has 0 bridgehead atoms. The summed E-state index contributed by atoms with van der Waals surface area (Å²) < 4.78 is 13.0. The van der Waals surface area contributed by atoms with Crippen molar-refractivity contribution in [3.63, 3.8) is 0 Å². The maximum Gasteiger partial charge on any atom is 0.271 e. The Balaban J connectivity index is 1.48. The van der Waals surface area contributed by atoms with Crippen LogP contribution in [0.4, 0.5) is 11.4 Å². The molecule has 5 rings (SSSR count). The molecule has 1 fully saturated rings. The monoisotopic (exact) mass is 666 g/mol. The molecule has 1 amide bonds. The van der Waals surface area contributed by atoms with E-state index in [0.29, 0.717) is 39.8 Å².